The highest BCUT2D eigenvalue weighted by molar-refractivity contribution is 6.02. The number of hydrogen-bond acceptors (Lipinski definition) is 4. The van der Waals surface area contributed by atoms with Crippen LogP contribution in [0.5, 0.6) is 0 Å². The summed E-state index contributed by atoms with van der Waals surface area (Å²) in [4.78, 5) is 43.2. The van der Waals surface area contributed by atoms with Gasteiger partial charge in [0.25, 0.3) is 5.91 Å². The van der Waals surface area contributed by atoms with Crippen molar-refractivity contribution in [2.45, 2.75) is 53.5 Å². The first-order valence-corrected chi connectivity index (χ1v) is 11.1. The van der Waals surface area contributed by atoms with Gasteiger partial charge in [-0.25, -0.2) is 4.79 Å². The highest BCUT2D eigenvalue weighted by atomic mass is 16.2. The zero-order valence-corrected chi connectivity index (χ0v) is 19.7. The SMILES string of the molecule is CCC(=O)Nc1ccc(N2CCN(C(=O)NC(C)(C)C)CC2)c(C(=O)N(CC)CC)c1. The minimum Gasteiger partial charge on any atom is -0.367 e. The molecule has 1 aromatic carbocycles. The molecule has 0 atom stereocenters. The van der Waals surface area contributed by atoms with Gasteiger partial charge in [0.1, 0.15) is 0 Å². The highest BCUT2D eigenvalue weighted by Crippen LogP contribution is 2.27. The average molecular weight is 432 g/mol. The molecule has 1 heterocycles. The molecular formula is C23H37N5O3. The van der Waals surface area contributed by atoms with Gasteiger partial charge >= 0.3 is 6.03 Å². The second kappa shape index (κ2) is 10.5. The number of hydrogen-bond donors (Lipinski definition) is 2. The van der Waals surface area contributed by atoms with Crippen LogP contribution in [-0.4, -0.2) is 72.5 Å². The van der Waals surface area contributed by atoms with Crippen molar-refractivity contribution in [2.24, 2.45) is 0 Å². The van der Waals surface area contributed by atoms with Crippen LogP contribution in [0.3, 0.4) is 0 Å². The Hall–Kier alpha value is -2.77. The Kier molecular flexibility index (Phi) is 8.30. The minimum atomic E-state index is -0.281. The summed E-state index contributed by atoms with van der Waals surface area (Å²) in [5.41, 5.74) is 1.75. The van der Waals surface area contributed by atoms with Crippen molar-refractivity contribution >= 4 is 29.2 Å². The molecule has 1 aromatic rings. The summed E-state index contributed by atoms with van der Waals surface area (Å²) < 4.78 is 0. The molecule has 8 nitrogen and oxygen atoms in total. The molecule has 1 aliphatic heterocycles. The smallest absolute Gasteiger partial charge is 0.317 e. The molecule has 1 fully saturated rings. The van der Waals surface area contributed by atoms with Crippen LogP contribution in [0.2, 0.25) is 0 Å². The van der Waals surface area contributed by atoms with Crippen molar-refractivity contribution < 1.29 is 14.4 Å². The van der Waals surface area contributed by atoms with E-state index in [0.717, 1.165) is 5.69 Å². The number of benzene rings is 1. The van der Waals surface area contributed by atoms with E-state index in [1.807, 2.05) is 51.7 Å². The molecule has 0 aromatic heterocycles. The number of amides is 4. The molecule has 0 spiro atoms. The van der Waals surface area contributed by atoms with Crippen LogP contribution in [0.15, 0.2) is 18.2 Å². The predicted octanol–water partition coefficient (Wildman–Crippen LogP) is 3.15. The van der Waals surface area contributed by atoms with Gasteiger partial charge < -0.3 is 25.3 Å². The molecule has 172 valence electrons. The molecule has 2 rings (SSSR count). The molecule has 8 heteroatoms. The van der Waals surface area contributed by atoms with Crippen molar-refractivity contribution in [3.05, 3.63) is 23.8 Å². The maximum atomic E-state index is 13.2. The molecule has 1 aliphatic rings. The number of carbonyl (C=O) groups excluding carboxylic acids is 3. The third-order valence-corrected chi connectivity index (χ3v) is 5.27. The zero-order chi connectivity index (χ0) is 23.2. The highest BCUT2D eigenvalue weighted by Gasteiger charge is 2.27. The number of piperazine rings is 1. The van der Waals surface area contributed by atoms with Crippen LogP contribution in [0.1, 0.15) is 58.3 Å². The summed E-state index contributed by atoms with van der Waals surface area (Å²) in [6, 6.07) is 5.43. The fraction of sp³-hybridized carbons (Fsp3) is 0.609. The standard InChI is InChI=1S/C23H37N5O3/c1-7-20(29)24-17-10-11-19(18(16-17)21(30)26(8-2)9-3)27-12-14-28(15-13-27)22(31)25-23(4,5)6/h10-11,16H,7-9,12-15H2,1-6H3,(H,24,29)(H,25,31). The Morgan fingerprint density at radius 2 is 1.61 bits per heavy atom. The summed E-state index contributed by atoms with van der Waals surface area (Å²) in [6.07, 6.45) is 0.375. The molecule has 1 saturated heterocycles. The normalized spacial score (nSPS) is 14.3. The molecule has 2 N–H and O–H groups in total. The van der Waals surface area contributed by atoms with Crippen molar-refractivity contribution in [1.82, 2.24) is 15.1 Å². The zero-order valence-electron chi connectivity index (χ0n) is 19.7. The summed E-state index contributed by atoms with van der Waals surface area (Å²) in [6.45, 7) is 15.2. The van der Waals surface area contributed by atoms with Gasteiger partial charge in [-0.3, -0.25) is 9.59 Å². The van der Waals surface area contributed by atoms with E-state index in [9.17, 15) is 14.4 Å². The number of urea groups is 1. The van der Waals surface area contributed by atoms with Gasteiger partial charge in [-0.15, -0.1) is 0 Å². The first kappa shape index (κ1) is 24.5. The number of anilines is 2. The Morgan fingerprint density at radius 1 is 1.00 bits per heavy atom. The molecule has 0 unspecified atom stereocenters. The lowest BCUT2D eigenvalue weighted by Crippen LogP contribution is -2.55. The van der Waals surface area contributed by atoms with Crippen LogP contribution in [-0.2, 0) is 4.79 Å². The summed E-state index contributed by atoms with van der Waals surface area (Å²) in [7, 11) is 0. The average Bonchev–Trinajstić information content (AvgIpc) is 2.73. The largest absolute Gasteiger partial charge is 0.367 e. The van der Waals surface area contributed by atoms with Crippen molar-refractivity contribution in [1.29, 1.82) is 0 Å². The number of nitrogens with one attached hydrogen (secondary N) is 2. The lowest BCUT2D eigenvalue weighted by molar-refractivity contribution is -0.115. The van der Waals surface area contributed by atoms with Gasteiger partial charge in [0.05, 0.1) is 5.56 Å². The van der Waals surface area contributed by atoms with E-state index < -0.39 is 0 Å². The molecule has 0 bridgehead atoms. The third kappa shape index (κ3) is 6.60. The molecule has 0 aliphatic carbocycles. The van der Waals surface area contributed by atoms with Crippen molar-refractivity contribution in [2.75, 3.05) is 49.5 Å². The number of carbonyl (C=O) groups is 3. The van der Waals surface area contributed by atoms with Gasteiger partial charge in [0.15, 0.2) is 0 Å². The van der Waals surface area contributed by atoms with Crippen molar-refractivity contribution in [3.63, 3.8) is 0 Å². The van der Waals surface area contributed by atoms with Crippen molar-refractivity contribution in [3.8, 4) is 0 Å². The molecule has 31 heavy (non-hydrogen) atoms. The van der Waals surface area contributed by atoms with E-state index in [4.69, 9.17) is 0 Å². The predicted molar refractivity (Wildman–Crippen MR) is 125 cm³/mol. The quantitative estimate of drug-likeness (QED) is 0.725. The Bertz CT molecular complexity index is 791. The van der Waals surface area contributed by atoms with Gasteiger partial charge in [0.2, 0.25) is 5.91 Å². The topological polar surface area (TPSA) is 85.0 Å². The first-order valence-electron chi connectivity index (χ1n) is 11.1. The second-order valence-corrected chi connectivity index (χ2v) is 8.77. The van der Waals surface area contributed by atoms with Crippen LogP contribution in [0, 0.1) is 0 Å². The van der Waals surface area contributed by atoms with Gasteiger partial charge in [-0.2, -0.15) is 0 Å². The van der Waals surface area contributed by atoms with Crippen LogP contribution in [0.4, 0.5) is 16.2 Å². The Morgan fingerprint density at radius 3 is 2.13 bits per heavy atom. The summed E-state index contributed by atoms with van der Waals surface area (Å²) in [5, 5.41) is 5.85. The molecular weight excluding hydrogens is 394 g/mol. The van der Waals surface area contributed by atoms with Crippen LogP contribution < -0.4 is 15.5 Å². The van der Waals surface area contributed by atoms with Gasteiger partial charge in [-0.1, -0.05) is 6.92 Å². The van der Waals surface area contributed by atoms with E-state index in [1.54, 1.807) is 17.9 Å². The van der Waals surface area contributed by atoms with Crippen LogP contribution in [0.25, 0.3) is 0 Å². The Labute approximate surface area is 185 Å². The van der Waals surface area contributed by atoms with E-state index in [0.29, 0.717) is 56.9 Å². The molecule has 0 saturated carbocycles. The summed E-state index contributed by atoms with van der Waals surface area (Å²) >= 11 is 0. The maximum Gasteiger partial charge on any atom is 0.317 e. The molecule has 0 radical (unpaired) electrons. The third-order valence-electron chi connectivity index (χ3n) is 5.27. The van der Waals surface area contributed by atoms with Gasteiger partial charge in [0, 0.05) is 62.6 Å². The van der Waals surface area contributed by atoms with E-state index in [2.05, 4.69) is 15.5 Å². The van der Waals surface area contributed by atoms with E-state index >= 15 is 0 Å². The van der Waals surface area contributed by atoms with E-state index in [-0.39, 0.29) is 23.4 Å². The molecule has 4 amide bonds. The second-order valence-electron chi connectivity index (χ2n) is 8.77. The lowest BCUT2D eigenvalue weighted by Gasteiger charge is -2.38. The fourth-order valence-corrected chi connectivity index (χ4v) is 3.54. The Balaban J connectivity index is 2.24. The monoisotopic (exact) mass is 431 g/mol. The first-order chi connectivity index (χ1) is 14.6. The van der Waals surface area contributed by atoms with Crippen LogP contribution >= 0.6 is 0 Å². The maximum absolute atomic E-state index is 13.2. The van der Waals surface area contributed by atoms with Gasteiger partial charge in [-0.05, 0) is 52.8 Å². The van der Waals surface area contributed by atoms with E-state index in [1.165, 1.54) is 0 Å². The fourth-order valence-electron chi connectivity index (χ4n) is 3.54. The summed E-state index contributed by atoms with van der Waals surface area (Å²) in [5.74, 6) is -0.145. The lowest BCUT2D eigenvalue weighted by atomic mass is 10.1. The number of rotatable bonds is 6. The minimum absolute atomic E-state index is 0.0551. The number of nitrogens with zero attached hydrogens (tertiary/aromatic N) is 3.